The second kappa shape index (κ2) is 9.28. The van der Waals surface area contributed by atoms with Crippen LogP contribution in [0.2, 0.25) is 0 Å². The van der Waals surface area contributed by atoms with Crippen molar-refractivity contribution >= 4 is 28.3 Å². The van der Waals surface area contributed by atoms with Gasteiger partial charge in [0.25, 0.3) is 5.92 Å². The first-order valence-electron chi connectivity index (χ1n) is 12.5. The third-order valence-electron chi connectivity index (χ3n) is 7.79. The van der Waals surface area contributed by atoms with Crippen LogP contribution in [0.5, 0.6) is 0 Å². The molecule has 1 fully saturated rings. The van der Waals surface area contributed by atoms with Crippen LogP contribution in [-0.2, 0) is 15.5 Å². The van der Waals surface area contributed by atoms with Crippen LogP contribution in [0.15, 0.2) is 60.7 Å². The van der Waals surface area contributed by atoms with Gasteiger partial charge in [0.15, 0.2) is 0 Å². The van der Waals surface area contributed by atoms with Gasteiger partial charge in [0.1, 0.15) is 6.04 Å². The fraction of sp³-hybridized carbons (Fsp3) is 0.379. The number of benzene rings is 3. The number of nitrogens with one attached hydrogen (secondary N) is 1. The molecule has 0 bridgehead atoms. The number of piperidine rings is 1. The van der Waals surface area contributed by atoms with Gasteiger partial charge in [0.2, 0.25) is 11.8 Å². The highest BCUT2D eigenvalue weighted by Crippen LogP contribution is 2.54. The minimum absolute atomic E-state index is 0.00463. The summed E-state index contributed by atoms with van der Waals surface area (Å²) in [5, 5.41) is 3.97. The lowest BCUT2D eigenvalue weighted by molar-refractivity contribution is -0.120. The van der Waals surface area contributed by atoms with Crippen molar-refractivity contribution in [2.24, 2.45) is 0 Å². The fourth-order valence-electron chi connectivity index (χ4n) is 5.96. The predicted octanol–water partition coefficient (Wildman–Crippen LogP) is 5.35. The molecule has 1 N–H and O–H groups in total. The molecule has 2 heterocycles. The Hall–Kier alpha value is -3.32. The Labute approximate surface area is 210 Å². The fourth-order valence-corrected chi connectivity index (χ4v) is 5.96. The standard InChI is InChI=1S/C26H24F2N2O.C3H7NO/c1-16-19-8-2-3-11-22(19)30(25(16)31)18-12-14-29(15-13-18)24-20-9-4-6-17-7-5-10-21(23(17)20)26(24,27)28;1-3(5)4-2/h2-11,16,18,24H,12-15H2,1H3;1-2H3,(H,4,5)/t16-,24-;/m0./s1. The van der Waals surface area contributed by atoms with Gasteiger partial charge < -0.3 is 10.2 Å². The predicted molar refractivity (Wildman–Crippen MR) is 137 cm³/mol. The van der Waals surface area contributed by atoms with Crippen molar-refractivity contribution in [2.45, 2.75) is 50.6 Å². The number of halogens is 2. The second-order valence-corrected chi connectivity index (χ2v) is 9.84. The van der Waals surface area contributed by atoms with Crippen LogP contribution in [-0.4, -0.2) is 42.9 Å². The molecule has 36 heavy (non-hydrogen) atoms. The zero-order chi connectivity index (χ0) is 25.6. The number of nitrogens with zero attached hydrogens (tertiary/aromatic N) is 2. The molecule has 2 aliphatic heterocycles. The average molecular weight is 492 g/mol. The Morgan fingerprint density at radius 1 is 0.972 bits per heavy atom. The number of fused-ring (bicyclic) bond motifs is 1. The van der Waals surface area contributed by atoms with Crippen LogP contribution in [0.3, 0.4) is 0 Å². The molecule has 7 heteroatoms. The number of carbonyl (C=O) groups excluding carboxylic acids is 2. The number of likely N-dealkylation sites (tertiary alicyclic amines) is 1. The molecular weight excluding hydrogens is 460 g/mol. The summed E-state index contributed by atoms with van der Waals surface area (Å²) < 4.78 is 31.1. The van der Waals surface area contributed by atoms with Crippen molar-refractivity contribution < 1.29 is 18.4 Å². The normalized spacial score (nSPS) is 22.8. The monoisotopic (exact) mass is 491 g/mol. The van der Waals surface area contributed by atoms with E-state index in [0.717, 1.165) is 22.2 Å². The molecule has 0 unspecified atom stereocenters. The molecule has 0 spiro atoms. The Morgan fingerprint density at radius 3 is 2.25 bits per heavy atom. The van der Waals surface area contributed by atoms with E-state index in [1.54, 1.807) is 19.2 Å². The topological polar surface area (TPSA) is 52.7 Å². The van der Waals surface area contributed by atoms with Gasteiger partial charge in [-0.25, -0.2) is 0 Å². The molecule has 3 aromatic carbocycles. The Balaban J connectivity index is 0.000000489. The third kappa shape index (κ3) is 3.86. The van der Waals surface area contributed by atoms with E-state index in [1.165, 1.54) is 6.92 Å². The first kappa shape index (κ1) is 24.4. The van der Waals surface area contributed by atoms with Crippen LogP contribution in [0, 0.1) is 0 Å². The quantitative estimate of drug-likeness (QED) is 0.526. The summed E-state index contributed by atoms with van der Waals surface area (Å²) >= 11 is 0. The van der Waals surface area contributed by atoms with E-state index in [2.05, 4.69) is 5.32 Å². The molecule has 3 aromatic rings. The van der Waals surface area contributed by atoms with Gasteiger partial charge in [-0.15, -0.1) is 0 Å². The number of para-hydroxylation sites is 1. The summed E-state index contributed by atoms with van der Waals surface area (Å²) in [6, 6.07) is 17.9. The number of hydrogen-bond donors (Lipinski definition) is 1. The van der Waals surface area contributed by atoms with Gasteiger partial charge in [-0.3, -0.25) is 14.5 Å². The van der Waals surface area contributed by atoms with Gasteiger partial charge in [-0.05, 0) is 47.7 Å². The minimum atomic E-state index is -2.92. The molecule has 188 valence electrons. The van der Waals surface area contributed by atoms with Crippen LogP contribution >= 0.6 is 0 Å². The van der Waals surface area contributed by atoms with E-state index in [-0.39, 0.29) is 29.3 Å². The van der Waals surface area contributed by atoms with Crippen LogP contribution < -0.4 is 10.2 Å². The maximum absolute atomic E-state index is 15.6. The average Bonchev–Trinajstić information content (AvgIpc) is 3.28. The number of rotatable bonds is 2. The molecule has 2 atom stereocenters. The molecular formula is C29H31F2N3O2. The zero-order valence-corrected chi connectivity index (χ0v) is 20.8. The smallest absolute Gasteiger partial charge is 0.293 e. The number of carbonyl (C=O) groups is 2. The van der Waals surface area contributed by atoms with Crippen molar-refractivity contribution in [1.82, 2.24) is 10.2 Å². The van der Waals surface area contributed by atoms with Crippen molar-refractivity contribution in [2.75, 3.05) is 25.0 Å². The highest BCUT2D eigenvalue weighted by atomic mass is 19.3. The highest BCUT2D eigenvalue weighted by molar-refractivity contribution is 6.05. The maximum atomic E-state index is 15.6. The van der Waals surface area contributed by atoms with E-state index in [0.29, 0.717) is 31.3 Å². The van der Waals surface area contributed by atoms with E-state index in [1.807, 2.05) is 65.3 Å². The second-order valence-electron chi connectivity index (χ2n) is 9.84. The zero-order valence-electron chi connectivity index (χ0n) is 20.8. The van der Waals surface area contributed by atoms with Crippen LogP contribution in [0.4, 0.5) is 14.5 Å². The van der Waals surface area contributed by atoms with E-state index in [4.69, 9.17) is 0 Å². The molecule has 1 aliphatic carbocycles. The van der Waals surface area contributed by atoms with E-state index >= 15 is 8.78 Å². The van der Waals surface area contributed by atoms with Crippen molar-refractivity contribution in [3.05, 3.63) is 77.4 Å². The maximum Gasteiger partial charge on any atom is 0.293 e. The summed E-state index contributed by atoms with van der Waals surface area (Å²) in [7, 11) is 1.60. The minimum Gasteiger partial charge on any atom is -0.359 e. The number of alkyl halides is 2. The van der Waals surface area contributed by atoms with Gasteiger partial charge >= 0.3 is 0 Å². The molecule has 5 nitrogen and oxygen atoms in total. The number of hydrogen-bond acceptors (Lipinski definition) is 3. The lowest BCUT2D eigenvalue weighted by atomic mass is 9.97. The summed E-state index contributed by atoms with van der Waals surface area (Å²) in [5.41, 5.74) is 2.93. The molecule has 0 saturated carbocycles. The van der Waals surface area contributed by atoms with E-state index in [9.17, 15) is 9.59 Å². The first-order chi connectivity index (χ1) is 17.3. The van der Waals surface area contributed by atoms with Gasteiger partial charge in [0.05, 0.1) is 5.92 Å². The van der Waals surface area contributed by atoms with Crippen LogP contribution in [0.25, 0.3) is 10.8 Å². The van der Waals surface area contributed by atoms with Gasteiger partial charge in [-0.1, -0.05) is 54.6 Å². The van der Waals surface area contributed by atoms with E-state index < -0.39 is 12.0 Å². The lowest BCUT2D eigenvalue weighted by Crippen LogP contribution is -2.49. The highest BCUT2D eigenvalue weighted by Gasteiger charge is 2.53. The Morgan fingerprint density at radius 2 is 1.58 bits per heavy atom. The molecule has 0 radical (unpaired) electrons. The molecule has 6 rings (SSSR count). The summed E-state index contributed by atoms with van der Waals surface area (Å²) in [4.78, 5) is 26.5. The molecule has 0 aromatic heterocycles. The Bertz CT molecular complexity index is 1310. The largest absolute Gasteiger partial charge is 0.359 e. The number of amides is 2. The molecule has 2 amide bonds. The summed E-state index contributed by atoms with van der Waals surface area (Å²) in [5.74, 6) is -2.92. The van der Waals surface area contributed by atoms with Crippen molar-refractivity contribution in [3.8, 4) is 0 Å². The SMILES string of the molecule is CNC(C)=O.C[C@@H]1C(=O)N(C2CCN([C@H]3c4cccc5cccc(c45)C3(F)F)CC2)c2ccccc21. The lowest BCUT2D eigenvalue weighted by Gasteiger charge is -2.41. The van der Waals surface area contributed by atoms with Crippen LogP contribution in [0.1, 0.15) is 55.3 Å². The molecule has 3 aliphatic rings. The summed E-state index contributed by atoms with van der Waals surface area (Å²) in [6.45, 7) is 4.53. The molecule has 1 saturated heterocycles. The van der Waals surface area contributed by atoms with Crippen molar-refractivity contribution in [3.63, 3.8) is 0 Å². The van der Waals surface area contributed by atoms with Gasteiger partial charge in [-0.2, -0.15) is 8.78 Å². The van der Waals surface area contributed by atoms with Gasteiger partial charge in [0, 0.05) is 44.4 Å². The number of anilines is 1. The Kier molecular flexibility index (Phi) is 6.29. The summed E-state index contributed by atoms with van der Waals surface area (Å²) in [6.07, 6.45) is 1.40. The third-order valence-corrected chi connectivity index (χ3v) is 7.79. The van der Waals surface area contributed by atoms with Crippen molar-refractivity contribution in [1.29, 1.82) is 0 Å². The first-order valence-corrected chi connectivity index (χ1v) is 12.5.